The monoisotopic (exact) mass is 273 g/mol. The third-order valence-electron chi connectivity index (χ3n) is 3.35. The van der Waals surface area contributed by atoms with Crippen LogP contribution in [0.4, 0.5) is 0 Å². The summed E-state index contributed by atoms with van der Waals surface area (Å²) in [6.07, 6.45) is 0.465. The Kier molecular flexibility index (Phi) is 3.70. The molecule has 1 aliphatic rings. The van der Waals surface area contributed by atoms with E-state index in [0.29, 0.717) is 23.1 Å². The molecule has 0 N–H and O–H groups in total. The first-order valence-electron chi connectivity index (χ1n) is 6.25. The molecule has 0 fully saturated rings. The van der Waals surface area contributed by atoms with Gasteiger partial charge >= 0.3 is 5.97 Å². The third-order valence-corrected chi connectivity index (χ3v) is 3.35. The lowest BCUT2D eigenvalue weighted by molar-refractivity contribution is -0.144. The molecule has 0 bridgehead atoms. The van der Waals surface area contributed by atoms with Gasteiger partial charge in [0, 0.05) is 0 Å². The van der Waals surface area contributed by atoms with E-state index in [1.165, 1.54) is 7.11 Å². The van der Waals surface area contributed by atoms with E-state index in [1.807, 2.05) is 0 Å². The second-order valence-electron chi connectivity index (χ2n) is 4.46. The van der Waals surface area contributed by atoms with Crippen molar-refractivity contribution in [3.05, 3.63) is 47.5 Å². The first kappa shape index (κ1) is 14.0. The van der Waals surface area contributed by atoms with Crippen LogP contribution in [0.1, 0.15) is 34.1 Å². The van der Waals surface area contributed by atoms with Crippen molar-refractivity contribution < 1.29 is 19.1 Å². The van der Waals surface area contributed by atoms with Gasteiger partial charge in [-0.05, 0) is 24.1 Å². The summed E-state index contributed by atoms with van der Waals surface area (Å²) in [5.41, 5.74) is 1.07. The number of methoxy groups -OCH3 is 1. The lowest BCUT2D eigenvalue weighted by Crippen LogP contribution is -2.46. The molecule has 0 spiro atoms. The molecule has 1 heterocycles. The predicted octanol–water partition coefficient (Wildman–Crippen LogP) is 1.79. The number of esters is 1. The van der Waals surface area contributed by atoms with Crippen LogP contribution in [-0.4, -0.2) is 35.8 Å². The van der Waals surface area contributed by atoms with Crippen LogP contribution < -0.4 is 0 Å². The minimum Gasteiger partial charge on any atom is -0.467 e. The van der Waals surface area contributed by atoms with Crippen molar-refractivity contribution in [2.45, 2.75) is 19.4 Å². The second-order valence-corrected chi connectivity index (χ2v) is 4.46. The van der Waals surface area contributed by atoms with Gasteiger partial charge in [0.15, 0.2) is 6.04 Å². The molecule has 1 aliphatic heterocycles. The summed E-state index contributed by atoms with van der Waals surface area (Å²) < 4.78 is 4.70. The second kappa shape index (κ2) is 5.28. The van der Waals surface area contributed by atoms with Gasteiger partial charge in [0.25, 0.3) is 11.8 Å². The normalized spacial score (nSPS) is 15.0. The summed E-state index contributed by atoms with van der Waals surface area (Å²) in [5.74, 6) is -1.64. The highest BCUT2D eigenvalue weighted by Gasteiger charge is 2.43. The number of amides is 2. The summed E-state index contributed by atoms with van der Waals surface area (Å²) in [4.78, 5) is 37.5. The smallest absolute Gasteiger partial charge is 0.333 e. The van der Waals surface area contributed by atoms with Crippen molar-refractivity contribution in [3.8, 4) is 0 Å². The highest BCUT2D eigenvalue weighted by Crippen LogP contribution is 2.27. The average Bonchev–Trinajstić information content (AvgIpc) is 2.72. The Hall–Kier alpha value is -2.43. The van der Waals surface area contributed by atoms with E-state index in [4.69, 9.17) is 4.74 Å². The fraction of sp³-hybridized carbons (Fsp3) is 0.267. The van der Waals surface area contributed by atoms with Crippen LogP contribution in [0.5, 0.6) is 0 Å². The first-order chi connectivity index (χ1) is 9.52. The SMILES string of the molecule is C=C(CC)[C@@H](C(=O)OC)N1C(=O)c2ccccc2C1=O. The molecule has 0 aromatic heterocycles. The maximum absolute atomic E-state index is 12.3. The number of benzene rings is 1. The average molecular weight is 273 g/mol. The molecule has 0 unspecified atom stereocenters. The Morgan fingerprint density at radius 1 is 1.25 bits per heavy atom. The molecule has 1 aromatic carbocycles. The molecule has 5 nitrogen and oxygen atoms in total. The van der Waals surface area contributed by atoms with Gasteiger partial charge in [-0.2, -0.15) is 0 Å². The third kappa shape index (κ3) is 2.01. The first-order valence-corrected chi connectivity index (χ1v) is 6.25. The van der Waals surface area contributed by atoms with E-state index in [9.17, 15) is 14.4 Å². The summed E-state index contributed by atoms with van der Waals surface area (Å²) >= 11 is 0. The summed E-state index contributed by atoms with van der Waals surface area (Å²) in [6.45, 7) is 5.57. The van der Waals surface area contributed by atoms with Crippen LogP contribution >= 0.6 is 0 Å². The van der Waals surface area contributed by atoms with Crippen LogP contribution in [0, 0.1) is 0 Å². The van der Waals surface area contributed by atoms with Gasteiger partial charge in [0.1, 0.15) is 0 Å². The molecule has 1 aromatic rings. The zero-order chi connectivity index (χ0) is 14.9. The van der Waals surface area contributed by atoms with Gasteiger partial charge in [-0.3, -0.25) is 14.5 Å². The number of carbonyl (C=O) groups is 3. The van der Waals surface area contributed by atoms with Gasteiger partial charge < -0.3 is 4.74 Å². The maximum Gasteiger partial charge on any atom is 0.333 e. The van der Waals surface area contributed by atoms with Crippen molar-refractivity contribution >= 4 is 17.8 Å². The molecule has 5 heteroatoms. The molecule has 1 atom stereocenters. The molecular weight excluding hydrogens is 258 g/mol. The quantitative estimate of drug-likeness (QED) is 0.476. The molecule has 2 rings (SSSR count). The van der Waals surface area contributed by atoms with Crippen molar-refractivity contribution in [3.63, 3.8) is 0 Å². The van der Waals surface area contributed by atoms with E-state index in [2.05, 4.69) is 6.58 Å². The maximum atomic E-state index is 12.3. The standard InChI is InChI=1S/C15H15NO4/c1-4-9(2)12(15(19)20-3)16-13(17)10-7-5-6-8-11(10)14(16)18/h5-8,12H,2,4H2,1,3H3/t12-/m0/s1. The van der Waals surface area contributed by atoms with Gasteiger partial charge in [0.05, 0.1) is 18.2 Å². The van der Waals surface area contributed by atoms with Gasteiger partial charge in [-0.25, -0.2) is 4.79 Å². The number of imide groups is 1. The fourth-order valence-electron chi connectivity index (χ4n) is 2.20. The van der Waals surface area contributed by atoms with E-state index in [-0.39, 0.29) is 0 Å². The summed E-state index contributed by atoms with van der Waals surface area (Å²) in [6, 6.07) is 5.42. The van der Waals surface area contributed by atoms with Crippen LogP contribution in [0.25, 0.3) is 0 Å². The molecule has 2 amide bonds. The van der Waals surface area contributed by atoms with E-state index >= 15 is 0 Å². The zero-order valence-corrected chi connectivity index (χ0v) is 11.4. The minimum atomic E-state index is -1.07. The Balaban J connectivity index is 2.47. The highest BCUT2D eigenvalue weighted by atomic mass is 16.5. The number of hydrogen-bond donors (Lipinski definition) is 0. The lowest BCUT2D eigenvalue weighted by atomic mass is 10.1. The number of hydrogen-bond acceptors (Lipinski definition) is 4. The van der Waals surface area contributed by atoms with Crippen molar-refractivity contribution in [2.24, 2.45) is 0 Å². The Morgan fingerprint density at radius 3 is 2.15 bits per heavy atom. The molecule has 0 radical (unpaired) electrons. The molecule has 0 saturated heterocycles. The zero-order valence-electron chi connectivity index (χ0n) is 11.4. The van der Waals surface area contributed by atoms with Crippen molar-refractivity contribution in [2.75, 3.05) is 7.11 Å². The van der Waals surface area contributed by atoms with Gasteiger partial charge in [0.2, 0.25) is 0 Å². The summed E-state index contributed by atoms with van der Waals surface area (Å²) in [7, 11) is 1.22. The van der Waals surface area contributed by atoms with Crippen molar-refractivity contribution in [1.29, 1.82) is 0 Å². The fourth-order valence-corrected chi connectivity index (χ4v) is 2.20. The number of fused-ring (bicyclic) bond motifs is 1. The van der Waals surface area contributed by atoms with Crippen molar-refractivity contribution in [1.82, 2.24) is 4.90 Å². The van der Waals surface area contributed by atoms with Crippen LogP contribution in [0.15, 0.2) is 36.4 Å². The highest BCUT2D eigenvalue weighted by molar-refractivity contribution is 6.23. The number of nitrogens with zero attached hydrogens (tertiary/aromatic N) is 1. The molecule has 0 aliphatic carbocycles. The van der Waals surface area contributed by atoms with Crippen LogP contribution in [0.2, 0.25) is 0 Å². The van der Waals surface area contributed by atoms with Gasteiger partial charge in [-0.15, -0.1) is 0 Å². The number of ether oxygens (including phenoxy) is 1. The Morgan fingerprint density at radius 2 is 1.75 bits per heavy atom. The largest absolute Gasteiger partial charge is 0.467 e. The van der Waals surface area contributed by atoms with Gasteiger partial charge in [-0.1, -0.05) is 25.6 Å². The molecule has 0 saturated carbocycles. The van der Waals surface area contributed by atoms with Crippen LogP contribution in [-0.2, 0) is 9.53 Å². The number of carbonyl (C=O) groups excluding carboxylic acids is 3. The topological polar surface area (TPSA) is 63.7 Å². The Labute approximate surface area is 116 Å². The van der Waals surface area contributed by atoms with E-state index in [1.54, 1.807) is 31.2 Å². The predicted molar refractivity (Wildman–Crippen MR) is 72.2 cm³/mol. The molecule has 104 valence electrons. The lowest BCUT2D eigenvalue weighted by Gasteiger charge is -2.25. The van der Waals surface area contributed by atoms with E-state index in [0.717, 1.165) is 4.90 Å². The summed E-state index contributed by atoms with van der Waals surface area (Å²) in [5, 5.41) is 0. The molecular formula is C15H15NO4. The van der Waals surface area contributed by atoms with Crippen LogP contribution in [0.3, 0.4) is 0 Å². The Bertz CT molecular complexity index is 555. The van der Waals surface area contributed by atoms with E-state index < -0.39 is 23.8 Å². The molecule has 20 heavy (non-hydrogen) atoms. The number of rotatable bonds is 4. The minimum absolute atomic E-state index is 0.301.